The van der Waals surface area contributed by atoms with Crippen molar-refractivity contribution in [1.82, 2.24) is 9.97 Å². The summed E-state index contributed by atoms with van der Waals surface area (Å²) in [5.41, 5.74) is 8.76. The van der Waals surface area contributed by atoms with E-state index in [1.54, 1.807) is 11.3 Å². The van der Waals surface area contributed by atoms with E-state index < -0.39 is 0 Å². The van der Waals surface area contributed by atoms with Crippen molar-refractivity contribution in [3.8, 4) is 27.4 Å². The number of benzene rings is 5. The molecule has 2 heterocycles. The number of hydrogen-bond acceptors (Lipinski definition) is 5. The molecule has 7 aromatic rings. The minimum atomic E-state index is -0.232. The van der Waals surface area contributed by atoms with Gasteiger partial charge >= 0.3 is 0 Å². The van der Waals surface area contributed by atoms with Crippen molar-refractivity contribution in [2.75, 3.05) is 0 Å². The largest absolute Gasteiger partial charge is 0.507 e. The van der Waals surface area contributed by atoms with Gasteiger partial charge in [-0.05, 0) is 74.0 Å². The molecule has 0 saturated heterocycles. The number of phenols is 1. The number of hydrogen-bond donors (Lipinski definition) is 1. The Morgan fingerprint density at radius 3 is 2.12 bits per heavy atom. The van der Waals surface area contributed by atoms with Gasteiger partial charge in [0.25, 0.3) is 0 Å². The van der Waals surface area contributed by atoms with Gasteiger partial charge in [0.1, 0.15) is 10.8 Å². The van der Waals surface area contributed by atoms with E-state index in [9.17, 15) is 5.11 Å². The monoisotopic (exact) mass is 675 g/mol. The lowest BCUT2D eigenvalue weighted by molar-refractivity contribution is 0.444. The SMILES string of the molecule is CC(C)(C)c1cc(C=Nc2c(-c3nc4c(-c5cccc6cnccc56)cc(C(C)(C)C)cc4s3)ccc3ccccc23)c(O)c(C(C)(C)C)c1. The lowest BCUT2D eigenvalue weighted by Crippen LogP contribution is -2.17. The molecular formula is C45H45N3OS. The molecule has 0 amide bonds. The zero-order valence-electron chi connectivity index (χ0n) is 30.5. The lowest BCUT2D eigenvalue weighted by Gasteiger charge is -2.27. The van der Waals surface area contributed by atoms with Crippen molar-refractivity contribution >= 4 is 55.0 Å². The third-order valence-corrected chi connectivity index (χ3v) is 10.6. The van der Waals surface area contributed by atoms with Gasteiger partial charge in [-0.2, -0.15) is 0 Å². The molecule has 0 atom stereocenters. The van der Waals surface area contributed by atoms with Crippen molar-refractivity contribution in [1.29, 1.82) is 0 Å². The van der Waals surface area contributed by atoms with Crippen LogP contribution in [0.1, 0.15) is 84.6 Å². The summed E-state index contributed by atoms with van der Waals surface area (Å²) in [4.78, 5) is 15.0. The quantitative estimate of drug-likeness (QED) is 0.189. The highest BCUT2D eigenvalue weighted by Crippen LogP contribution is 2.45. The van der Waals surface area contributed by atoms with Gasteiger partial charge in [0.15, 0.2) is 0 Å². The number of pyridine rings is 1. The van der Waals surface area contributed by atoms with Gasteiger partial charge in [-0.15, -0.1) is 11.3 Å². The Bertz CT molecular complexity index is 2440. The van der Waals surface area contributed by atoms with E-state index in [0.29, 0.717) is 5.56 Å². The lowest BCUT2D eigenvalue weighted by atomic mass is 9.79. The Morgan fingerprint density at radius 2 is 1.38 bits per heavy atom. The van der Waals surface area contributed by atoms with E-state index in [1.807, 2.05) is 18.6 Å². The topological polar surface area (TPSA) is 58.4 Å². The van der Waals surface area contributed by atoms with Gasteiger partial charge in [0.05, 0.1) is 15.9 Å². The van der Waals surface area contributed by atoms with Crippen LogP contribution < -0.4 is 0 Å². The first kappa shape index (κ1) is 33.6. The summed E-state index contributed by atoms with van der Waals surface area (Å²) < 4.78 is 1.14. The molecule has 252 valence electrons. The first-order valence-electron chi connectivity index (χ1n) is 17.3. The molecule has 4 nitrogen and oxygen atoms in total. The third kappa shape index (κ3) is 6.20. The van der Waals surface area contributed by atoms with Crippen LogP contribution >= 0.6 is 11.3 Å². The summed E-state index contributed by atoms with van der Waals surface area (Å²) in [6.07, 6.45) is 5.63. The Kier molecular flexibility index (Phi) is 8.18. The number of aromatic hydroxyl groups is 1. The van der Waals surface area contributed by atoms with E-state index in [2.05, 4.69) is 152 Å². The molecule has 0 unspecified atom stereocenters. The highest BCUT2D eigenvalue weighted by molar-refractivity contribution is 7.21. The average molecular weight is 676 g/mol. The van der Waals surface area contributed by atoms with Crippen molar-refractivity contribution in [3.05, 3.63) is 120 Å². The third-order valence-electron chi connectivity index (χ3n) is 9.61. The Labute approximate surface area is 299 Å². The standard InChI is InChI=1S/C45H45N3OS/c1-43(2,3)30-21-29(41(49)37(23-30)45(7,8)9)26-47-39-33-15-11-10-13-27(33)17-18-35(39)42-48-40-36(22-31(44(4,5)6)24-38(40)50-42)34-16-12-14-28-25-46-20-19-32(28)34/h10-26,49H,1-9H3. The zero-order chi connectivity index (χ0) is 35.6. The number of rotatable bonds is 4. The van der Waals surface area contributed by atoms with Crippen LogP contribution in [0.25, 0.3) is 53.5 Å². The van der Waals surface area contributed by atoms with Crippen molar-refractivity contribution in [2.24, 2.45) is 4.99 Å². The molecule has 0 bridgehead atoms. The second-order valence-corrected chi connectivity index (χ2v) is 17.5. The van der Waals surface area contributed by atoms with Crippen molar-refractivity contribution in [3.63, 3.8) is 0 Å². The molecular weight excluding hydrogens is 631 g/mol. The molecule has 0 saturated carbocycles. The summed E-state index contributed by atoms with van der Waals surface area (Å²) in [7, 11) is 0. The van der Waals surface area contributed by atoms with Crippen LogP contribution in [0.3, 0.4) is 0 Å². The molecule has 2 aromatic heterocycles. The molecule has 0 aliphatic heterocycles. The minimum Gasteiger partial charge on any atom is -0.507 e. The smallest absolute Gasteiger partial charge is 0.128 e. The Balaban J connectivity index is 1.47. The van der Waals surface area contributed by atoms with Crippen LogP contribution in [0.2, 0.25) is 0 Å². The van der Waals surface area contributed by atoms with Crippen LogP contribution in [0.15, 0.2) is 102 Å². The predicted octanol–water partition coefficient (Wildman–Crippen LogP) is 12.7. The fourth-order valence-corrected chi connectivity index (χ4v) is 7.66. The molecule has 5 aromatic carbocycles. The number of aliphatic imine (C=N–C) groups is 1. The van der Waals surface area contributed by atoms with Crippen molar-refractivity contribution in [2.45, 2.75) is 78.6 Å². The van der Waals surface area contributed by atoms with E-state index in [4.69, 9.17) is 9.98 Å². The van der Waals surface area contributed by atoms with Crippen LogP contribution in [0.5, 0.6) is 5.75 Å². The van der Waals surface area contributed by atoms with E-state index in [1.165, 1.54) is 5.56 Å². The van der Waals surface area contributed by atoms with E-state index >= 15 is 0 Å². The molecule has 7 rings (SSSR count). The summed E-state index contributed by atoms with van der Waals surface area (Å²) >= 11 is 1.71. The minimum absolute atomic E-state index is 0.0485. The molecule has 0 fully saturated rings. The number of thiazole rings is 1. The fraction of sp³-hybridized carbons (Fsp3) is 0.267. The van der Waals surface area contributed by atoms with Crippen molar-refractivity contribution < 1.29 is 5.11 Å². The summed E-state index contributed by atoms with van der Waals surface area (Å²) in [5, 5.41) is 16.9. The van der Waals surface area contributed by atoms with E-state index in [0.717, 1.165) is 70.3 Å². The summed E-state index contributed by atoms with van der Waals surface area (Å²) in [5.74, 6) is 0.278. The maximum absolute atomic E-state index is 11.6. The van der Waals surface area contributed by atoms with Gasteiger partial charge in [-0.3, -0.25) is 9.98 Å². The molecule has 5 heteroatoms. The van der Waals surface area contributed by atoms with Gasteiger partial charge in [-0.25, -0.2) is 4.98 Å². The molecule has 0 spiro atoms. The maximum atomic E-state index is 11.6. The predicted molar refractivity (Wildman–Crippen MR) is 215 cm³/mol. The van der Waals surface area contributed by atoms with Crippen LogP contribution in [0, 0.1) is 0 Å². The van der Waals surface area contributed by atoms with Crippen LogP contribution in [0.4, 0.5) is 5.69 Å². The Morgan fingerprint density at radius 1 is 0.660 bits per heavy atom. The van der Waals surface area contributed by atoms with Gasteiger partial charge in [-0.1, -0.05) is 117 Å². The second-order valence-electron chi connectivity index (χ2n) is 16.4. The number of fused-ring (bicyclic) bond motifs is 3. The van der Waals surface area contributed by atoms with Crippen LogP contribution in [-0.4, -0.2) is 21.3 Å². The van der Waals surface area contributed by atoms with Gasteiger partial charge in [0, 0.05) is 51.6 Å². The average Bonchev–Trinajstić information content (AvgIpc) is 3.50. The van der Waals surface area contributed by atoms with Crippen LogP contribution in [-0.2, 0) is 16.2 Å². The highest BCUT2D eigenvalue weighted by Gasteiger charge is 2.25. The number of phenolic OH excluding ortho intramolecular Hbond substituents is 1. The fourth-order valence-electron chi connectivity index (χ4n) is 6.60. The Hall–Kier alpha value is -4.87. The molecule has 0 aliphatic rings. The second kappa shape index (κ2) is 12.2. The first-order chi connectivity index (χ1) is 23.6. The molecule has 1 N–H and O–H groups in total. The first-order valence-corrected chi connectivity index (χ1v) is 18.1. The molecule has 0 aliphatic carbocycles. The van der Waals surface area contributed by atoms with Gasteiger partial charge in [0.2, 0.25) is 0 Å². The normalized spacial score (nSPS) is 12.9. The van der Waals surface area contributed by atoms with Gasteiger partial charge < -0.3 is 5.11 Å². The number of aromatic nitrogens is 2. The summed E-state index contributed by atoms with van der Waals surface area (Å²) in [6.45, 7) is 19.8. The highest BCUT2D eigenvalue weighted by atomic mass is 32.1. The number of nitrogens with zero attached hydrogens (tertiary/aromatic N) is 3. The molecule has 0 radical (unpaired) electrons. The summed E-state index contributed by atoms with van der Waals surface area (Å²) in [6, 6.07) is 30.0. The molecule has 50 heavy (non-hydrogen) atoms. The maximum Gasteiger partial charge on any atom is 0.128 e. The van der Waals surface area contributed by atoms with E-state index in [-0.39, 0.29) is 22.0 Å². The zero-order valence-corrected chi connectivity index (χ0v) is 31.3.